The van der Waals surface area contributed by atoms with Gasteiger partial charge in [-0.1, -0.05) is 13.3 Å². The van der Waals surface area contributed by atoms with Gasteiger partial charge < -0.3 is 10.0 Å². The lowest BCUT2D eigenvalue weighted by Crippen LogP contribution is -2.43. The molecule has 0 radical (unpaired) electrons. The number of aliphatic hydroxyl groups excluding tert-OH is 1. The molecule has 1 N–H and O–H groups in total. The van der Waals surface area contributed by atoms with Crippen LogP contribution in [0.4, 0.5) is 0 Å². The summed E-state index contributed by atoms with van der Waals surface area (Å²) in [4.78, 5) is 15.8. The van der Waals surface area contributed by atoms with Crippen molar-refractivity contribution >= 4 is 5.91 Å². The first-order valence-corrected chi connectivity index (χ1v) is 6.28. The summed E-state index contributed by atoms with van der Waals surface area (Å²) in [7, 11) is 1.87. The Balaban J connectivity index is 2.22. The first-order chi connectivity index (χ1) is 7.63. The molecule has 0 atom stereocenters. The number of carbonyl (C=O) groups is 1. The third-order valence-corrected chi connectivity index (χ3v) is 3.19. The molecule has 0 aromatic rings. The fourth-order valence-electron chi connectivity index (χ4n) is 1.91. The molecule has 1 fully saturated rings. The van der Waals surface area contributed by atoms with Gasteiger partial charge in [0.25, 0.3) is 0 Å². The average molecular weight is 228 g/mol. The van der Waals surface area contributed by atoms with Crippen molar-refractivity contribution in [3.05, 3.63) is 0 Å². The summed E-state index contributed by atoms with van der Waals surface area (Å²) in [6.07, 6.45) is 3.62. The van der Waals surface area contributed by atoms with Crippen LogP contribution in [0.3, 0.4) is 0 Å². The van der Waals surface area contributed by atoms with Crippen molar-refractivity contribution in [2.45, 2.75) is 38.7 Å². The first-order valence-electron chi connectivity index (χ1n) is 6.28. The van der Waals surface area contributed by atoms with Crippen LogP contribution < -0.4 is 0 Å². The first kappa shape index (κ1) is 13.5. The minimum absolute atomic E-state index is 0.163. The van der Waals surface area contributed by atoms with Crippen molar-refractivity contribution in [2.24, 2.45) is 0 Å². The van der Waals surface area contributed by atoms with E-state index in [0.29, 0.717) is 6.54 Å². The van der Waals surface area contributed by atoms with E-state index in [1.165, 1.54) is 0 Å². The van der Waals surface area contributed by atoms with E-state index < -0.39 is 0 Å². The summed E-state index contributed by atoms with van der Waals surface area (Å²) in [6.45, 7) is 5.17. The molecule has 4 nitrogen and oxygen atoms in total. The van der Waals surface area contributed by atoms with Crippen LogP contribution in [0.15, 0.2) is 0 Å². The van der Waals surface area contributed by atoms with Crippen molar-refractivity contribution in [1.82, 2.24) is 9.80 Å². The number of aliphatic hydroxyl groups is 1. The van der Waals surface area contributed by atoms with Gasteiger partial charge in [-0.25, -0.2) is 0 Å². The Kier molecular flexibility index (Phi) is 5.77. The molecular weight excluding hydrogens is 204 g/mol. The topological polar surface area (TPSA) is 43.8 Å². The third kappa shape index (κ3) is 4.49. The maximum atomic E-state index is 11.8. The molecule has 16 heavy (non-hydrogen) atoms. The van der Waals surface area contributed by atoms with Gasteiger partial charge in [0.05, 0.1) is 12.6 Å². The van der Waals surface area contributed by atoms with E-state index in [1.54, 1.807) is 0 Å². The highest BCUT2D eigenvalue weighted by Crippen LogP contribution is 2.09. The Morgan fingerprint density at radius 2 is 2.06 bits per heavy atom. The molecular formula is C12H24N2O2. The quantitative estimate of drug-likeness (QED) is 0.753. The Labute approximate surface area is 98.2 Å². The number of likely N-dealkylation sites (N-methyl/N-ethyl adjacent to an activating group) is 1. The highest BCUT2D eigenvalue weighted by molar-refractivity contribution is 5.77. The van der Waals surface area contributed by atoms with Gasteiger partial charge in [0, 0.05) is 26.7 Å². The normalized spacial score (nSPS) is 18.7. The second kappa shape index (κ2) is 6.86. The summed E-state index contributed by atoms with van der Waals surface area (Å²) in [6, 6.07) is 0. The summed E-state index contributed by atoms with van der Waals surface area (Å²) in [5.74, 6) is 0.199. The number of amides is 1. The molecule has 0 aromatic heterocycles. The van der Waals surface area contributed by atoms with Crippen molar-refractivity contribution in [3.8, 4) is 0 Å². The lowest BCUT2D eigenvalue weighted by atomic mass is 10.1. The van der Waals surface area contributed by atoms with Crippen LogP contribution in [-0.4, -0.2) is 60.1 Å². The zero-order chi connectivity index (χ0) is 12.0. The van der Waals surface area contributed by atoms with Gasteiger partial charge in [-0.05, 0) is 19.3 Å². The fourth-order valence-corrected chi connectivity index (χ4v) is 1.91. The van der Waals surface area contributed by atoms with Crippen LogP contribution >= 0.6 is 0 Å². The van der Waals surface area contributed by atoms with E-state index in [2.05, 4.69) is 11.8 Å². The Hall–Kier alpha value is -0.610. The molecule has 0 unspecified atom stereocenters. The zero-order valence-corrected chi connectivity index (χ0v) is 10.5. The van der Waals surface area contributed by atoms with Crippen molar-refractivity contribution in [3.63, 3.8) is 0 Å². The van der Waals surface area contributed by atoms with E-state index >= 15 is 0 Å². The molecule has 0 saturated carbocycles. The average Bonchev–Trinajstić information content (AvgIpc) is 2.29. The van der Waals surface area contributed by atoms with Crippen LogP contribution in [0.25, 0.3) is 0 Å². The molecule has 0 aliphatic carbocycles. The smallest absolute Gasteiger partial charge is 0.236 e. The number of likely N-dealkylation sites (tertiary alicyclic amines) is 1. The van der Waals surface area contributed by atoms with Crippen molar-refractivity contribution < 1.29 is 9.90 Å². The molecule has 1 heterocycles. The lowest BCUT2D eigenvalue weighted by molar-refractivity contribution is -0.131. The molecule has 4 heteroatoms. The van der Waals surface area contributed by atoms with E-state index in [4.69, 9.17) is 0 Å². The van der Waals surface area contributed by atoms with Crippen LogP contribution in [0.5, 0.6) is 0 Å². The molecule has 1 aliphatic heterocycles. The maximum Gasteiger partial charge on any atom is 0.236 e. The summed E-state index contributed by atoms with van der Waals surface area (Å²) < 4.78 is 0. The van der Waals surface area contributed by atoms with Gasteiger partial charge in [-0.15, -0.1) is 0 Å². The highest BCUT2D eigenvalue weighted by atomic mass is 16.3. The molecule has 1 saturated heterocycles. The number of carbonyl (C=O) groups excluding carboxylic acids is 1. The number of unbranched alkanes of at least 4 members (excludes halogenated alkanes) is 1. The fraction of sp³-hybridized carbons (Fsp3) is 0.917. The Bertz CT molecular complexity index is 213. The maximum absolute atomic E-state index is 11.8. The third-order valence-electron chi connectivity index (χ3n) is 3.19. The van der Waals surface area contributed by atoms with Gasteiger partial charge in [-0.3, -0.25) is 9.69 Å². The monoisotopic (exact) mass is 228 g/mol. The molecule has 1 amide bonds. The van der Waals surface area contributed by atoms with Crippen LogP contribution in [0.1, 0.15) is 32.6 Å². The standard InChI is InChI=1S/C12H24N2O2/c1-3-4-7-13(2)12(16)10-14-8-5-11(15)6-9-14/h11,15H,3-10H2,1-2H3. The highest BCUT2D eigenvalue weighted by Gasteiger charge is 2.20. The minimum Gasteiger partial charge on any atom is -0.393 e. The number of nitrogens with zero attached hydrogens (tertiary/aromatic N) is 2. The SMILES string of the molecule is CCCCN(C)C(=O)CN1CCC(O)CC1. The largest absolute Gasteiger partial charge is 0.393 e. The molecule has 0 aromatic carbocycles. The summed E-state index contributed by atoms with van der Waals surface area (Å²) in [5.41, 5.74) is 0. The number of piperidine rings is 1. The predicted molar refractivity (Wildman–Crippen MR) is 64.2 cm³/mol. The Morgan fingerprint density at radius 3 is 2.62 bits per heavy atom. The lowest BCUT2D eigenvalue weighted by Gasteiger charge is -2.30. The van der Waals surface area contributed by atoms with E-state index in [-0.39, 0.29) is 12.0 Å². The molecule has 0 spiro atoms. The van der Waals surface area contributed by atoms with E-state index in [0.717, 1.165) is 45.3 Å². The van der Waals surface area contributed by atoms with Gasteiger partial charge in [0.15, 0.2) is 0 Å². The van der Waals surface area contributed by atoms with Gasteiger partial charge in [-0.2, -0.15) is 0 Å². The molecule has 1 aliphatic rings. The second-order valence-electron chi connectivity index (χ2n) is 4.68. The number of rotatable bonds is 5. The molecule has 0 bridgehead atoms. The van der Waals surface area contributed by atoms with Crippen molar-refractivity contribution in [2.75, 3.05) is 33.2 Å². The second-order valence-corrected chi connectivity index (χ2v) is 4.68. The van der Waals surface area contributed by atoms with Gasteiger partial charge in [0.2, 0.25) is 5.91 Å². The molecule has 94 valence electrons. The number of hydrogen-bond donors (Lipinski definition) is 1. The minimum atomic E-state index is -0.163. The van der Waals surface area contributed by atoms with E-state index in [9.17, 15) is 9.90 Å². The predicted octanol–water partition coefficient (Wildman–Crippen LogP) is 0.702. The van der Waals surface area contributed by atoms with E-state index in [1.807, 2.05) is 11.9 Å². The number of hydrogen-bond acceptors (Lipinski definition) is 3. The van der Waals surface area contributed by atoms with Gasteiger partial charge in [0.1, 0.15) is 0 Å². The summed E-state index contributed by atoms with van der Waals surface area (Å²) in [5, 5.41) is 9.36. The summed E-state index contributed by atoms with van der Waals surface area (Å²) >= 11 is 0. The van der Waals surface area contributed by atoms with Crippen molar-refractivity contribution in [1.29, 1.82) is 0 Å². The van der Waals surface area contributed by atoms with Gasteiger partial charge >= 0.3 is 0 Å². The zero-order valence-electron chi connectivity index (χ0n) is 10.5. The van der Waals surface area contributed by atoms with Crippen LogP contribution in [-0.2, 0) is 4.79 Å². The van der Waals surface area contributed by atoms with Crippen LogP contribution in [0.2, 0.25) is 0 Å². The molecule has 1 rings (SSSR count). The Morgan fingerprint density at radius 1 is 1.44 bits per heavy atom. The van der Waals surface area contributed by atoms with Crippen LogP contribution in [0, 0.1) is 0 Å².